The van der Waals surface area contributed by atoms with Crippen LogP contribution in [0.2, 0.25) is 0 Å². The second-order valence-electron chi connectivity index (χ2n) is 3.30. The van der Waals surface area contributed by atoms with Gasteiger partial charge in [0.05, 0.1) is 12.5 Å². The Morgan fingerprint density at radius 2 is 1.88 bits per heavy atom. The summed E-state index contributed by atoms with van der Waals surface area (Å²) in [4.78, 5) is 32.2. The quantitative estimate of drug-likeness (QED) is 0.431. The second-order valence-corrected chi connectivity index (χ2v) is 3.30. The smallest absolute Gasteiger partial charge is 0.327 e. The molecule has 17 heavy (non-hydrogen) atoms. The number of carbonyl (C=O) groups is 3. The van der Waals surface area contributed by atoms with Gasteiger partial charge < -0.3 is 21.3 Å². The zero-order chi connectivity index (χ0) is 13.4. The van der Waals surface area contributed by atoms with Crippen LogP contribution in [0.25, 0.3) is 0 Å². The second kappa shape index (κ2) is 7.19. The lowest BCUT2D eigenvalue weighted by molar-refractivity contribution is -0.142. The molecule has 0 aromatic rings. The molecule has 8 heteroatoms. The summed E-state index contributed by atoms with van der Waals surface area (Å²) in [5.74, 6) is -3.20. The first-order chi connectivity index (χ1) is 7.88. The SMILES string of the molecule is N#CCC(NC(=O)CCC(N)C(=O)O)C(=O)O. The van der Waals surface area contributed by atoms with E-state index in [0.717, 1.165) is 0 Å². The highest BCUT2D eigenvalue weighted by molar-refractivity contribution is 5.84. The number of rotatable bonds is 7. The molecule has 0 heterocycles. The van der Waals surface area contributed by atoms with Gasteiger partial charge in [0.15, 0.2) is 0 Å². The molecule has 0 saturated heterocycles. The van der Waals surface area contributed by atoms with Crippen LogP contribution in [0.1, 0.15) is 19.3 Å². The van der Waals surface area contributed by atoms with Crippen molar-refractivity contribution < 1.29 is 24.6 Å². The van der Waals surface area contributed by atoms with E-state index in [9.17, 15) is 14.4 Å². The van der Waals surface area contributed by atoms with Gasteiger partial charge in [0.2, 0.25) is 5.91 Å². The molecule has 0 spiro atoms. The van der Waals surface area contributed by atoms with Crippen molar-refractivity contribution in [1.82, 2.24) is 5.32 Å². The summed E-state index contributed by atoms with van der Waals surface area (Å²) in [5.41, 5.74) is 5.17. The fourth-order valence-electron chi connectivity index (χ4n) is 0.968. The molecule has 0 radical (unpaired) electrons. The molecule has 0 saturated carbocycles. The summed E-state index contributed by atoms with van der Waals surface area (Å²) < 4.78 is 0. The maximum atomic E-state index is 11.2. The van der Waals surface area contributed by atoms with Gasteiger partial charge in [-0.3, -0.25) is 9.59 Å². The summed E-state index contributed by atoms with van der Waals surface area (Å²) in [6, 6.07) is -0.827. The number of amides is 1. The lowest BCUT2D eigenvalue weighted by Crippen LogP contribution is -2.41. The number of nitrogens with zero attached hydrogens (tertiary/aromatic N) is 1. The van der Waals surface area contributed by atoms with E-state index >= 15 is 0 Å². The highest BCUT2D eigenvalue weighted by Crippen LogP contribution is 1.97. The van der Waals surface area contributed by atoms with Crippen molar-refractivity contribution in [2.75, 3.05) is 0 Å². The Bertz CT molecular complexity index is 349. The highest BCUT2D eigenvalue weighted by Gasteiger charge is 2.20. The third-order valence-corrected chi connectivity index (χ3v) is 1.93. The van der Waals surface area contributed by atoms with Gasteiger partial charge in [-0.25, -0.2) is 4.79 Å². The number of hydrogen-bond donors (Lipinski definition) is 4. The fourth-order valence-corrected chi connectivity index (χ4v) is 0.968. The molecule has 8 nitrogen and oxygen atoms in total. The molecular weight excluding hydrogens is 230 g/mol. The molecule has 0 aliphatic heterocycles. The molecule has 0 bridgehead atoms. The van der Waals surface area contributed by atoms with Gasteiger partial charge in [-0.1, -0.05) is 0 Å². The normalized spacial score (nSPS) is 13.2. The highest BCUT2D eigenvalue weighted by atomic mass is 16.4. The Labute approximate surface area is 97.0 Å². The molecule has 0 rings (SSSR count). The first-order valence-electron chi connectivity index (χ1n) is 4.76. The van der Waals surface area contributed by atoms with Gasteiger partial charge >= 0.3 is 11.9 Å². The lowest BCUT2D eigenvalue weighted by atomic mass is 10.1. The van der Waals surface area contributed by atoms with E-state index in [1.165, 1.54) is 0 Å². The summed E-state index contributed by atoms with van der Waals surface area (Å²) in [7, 11) is 0. The number of nitrogens with one attached hydrogen (secondary N) is 1. The lowest BCUT2D eigenvalue weighted by Gasteiger charge is -2.11. The molecule has 2 unspecified atom stereocenters. The van der Waals surface area contributed by atoms with E-state index in [4.69, 9.17) is 21.2 Å². The Morgan fingerprint density at radius 1 is 1.29 bits per heavy atom. The van der Waals surface area contributed by atoms with E-state index in [1.54, 1.807) is 6.07 Å². The van der Waals surface area contributed by atoms with Gasteiger partial charge in [-0.15, -0.1) is 0 Å². The number of hydrogen-bond acceptors (Lipinski definition) is 5. The molecule has 0 aliphatic rings. The minimum atomic E-state index is -1.32. The summed E-state index contributed by atoms with van der Waals surface area (Å²) >= 11 is 0. The van der Waals surface area contributed by atoms with Crippen molar-refractivity contribution >= 4 is 17.8 Å². The Hall–Kier alpha value is -2.14. The maximum absolute atomic E-state index is 11.2. The monoisotopic (exact) mass is 243 g/mol. The minimum Gasteiger partial charge on any atom is -0.480 e. The first-order valence-corrected chi connectivity index (χ1v) is 4.76. The van der Waals surface area contributed by atoms with Gasteiger partial charge in [-0.05, 0) is 6.42 Å². The van der Waals surface area contributed by atoms with Crippen LogP contribution in [0, 0.1) is 11.3 Å². The summed E-state index contributed by atoms with van der Waals surface area (Å²) in [6.45, 7) is 0. The van der Waals surface area contributed by atoms with E-state index in [2.05, 4.69) is 5.32 Å². The number of carboxylic acid groups (broad SMARTS) is 2. The van der Waals surface area contributed by atoms with Gasteiger partial charge in [0.1, 0.15) is 12.1 Å². The molecule has 2 atom stereocenters. The van der Waals surface area contributed by atoms with E-state index in [1.807, 2.05) is 0 Å². The van der Waals surface area contributed by atoms with Crippen molar-refractivity contribution in [3.63, 3.8) is 0 Å². The van der Waals surface area contributed by atoms with Gasteiger partial charge in [0, 0.05) is 6.42 Å². The third kappa shape index (κ3) is 6.11. The third-order valence-electron chi connectivity index (χ3n) is 1.93. The molecule has 0 aromatic heterocycles. The maximum Gasteiger partial charge on any atom is 0.327 e. The van der Waals surface area contributed by atoms with Crippen LogP contribution in [0.4, 0.5) is 0 Å². The largest absolute Gasteiger partial charge is 0.480 e. The van der Waals surface area contributed by atoms with Crippen LogP contribution >= 0.6 is 0 Å². The van der Waals surface area contributed by atoms with Crippen LogP contribution in [0.15, 0.2) is 0 Å². The number of nitriles is 1. The van der Waals surface area contributed by atoms with Crippen LogP contribution < -0.4 is 11.1 Å². The summed E-state index contributed by atoms with van der Waals surface area (Å²) in [6.07, 6.45) is -0.658. The zero-order valence-corrected chi connectivity index (χ0v) is 8.92. The summed E-state index contributed by atoms with van der Waals surface area (Å²) in [5, 5.41) is 27.5. The van der Waals surface area contributed by atoms with Crippen LogP contribution in [0.5, 0.6) is 0 Å². The van der Waals surface area contributed by atoms with E-state index in [-0.39, 0.29) is 19.3 Å². The number of carboxylic acids is 2. The zero-order valence-electron chi connectivity index (χ0n) is 8.92. The number of aliphatic carboxylic acids is 2. The predicted molar refractivity (Wildman–Crippen MR) is 54.6 cm³/mol. The van der Waals surface area contributed by atoms with Crippen molar-refractivity contribution in [2.45, 2.75) is 31.3 Å². The standard InChI is InChI=1S/C9H13N3O5/c10-4-3-6(9(16)17)12-7(13)2-1-5(11)8(14)15/h5-6H,1-3,11H2,(H,12,13)(H,14,15)(H,16,17). The van der Waals surface area contributed by atoms with Crippen LogP contribution in [-0.4, -0.2) is 40.1 Å². The molecule has 5 N–H and O–H groups in total. The molecule has 1 amide bonds. The van der Waals surface area contributed by atoms with Crippen LogP contribution in [-0.2, 0) is 14.4 Å². The Morgan fingerprint density at radius 3 is 2.29 bits per heavy atom. The Kier molecular flexibility index (Phi) is 6.28. The number of carbonyl (C=O) groups excluding carboxylic acids is 1. The molecular formula is C9H13N3O5. The van der Waals surface area contributed by atoms with Crippen LogP contribution in [0.3, 0.4) is 0 Å². The van der Waals surface area contributed by atoms with Crippen molar-refractivity contribution in [2.24, 2.45) is 5.73 Å². The predicted octanol–water partition coefficient (Wildman–Crippen LogP) is -1.34. The molecule has 94 valence electrons. The van der Waals surface area contributed by atoms with Gasteiger partial charge in [-0.2, -0.15) is 5.26 Å². The van der Waals surface area contributed by atoms with E-state index in [0.29, 0.717) is 0 Å². The average Bonchev–Trinajstić information content (AvgIpc) is 2.24. The fraction of sp³-hybridized carbons (Fsp3) is 0.556. The topological polar surface area (TPSA) is 154 Å². The Balaban J connectivity index is 4.12. The molecule has 0 fully saturated rings. The minimum absolute atomic E-state index is 0.0972. The molecule has 0 aromatic carbocycles. The average molecular weight is 243 g/mol. The molecule has 0 aliphatic carbocycles. The van der Waals surface area contributed by atoms with Gasteiger partial charge in [0.25, 0.3) is 0 Å². The van der Waals surface area contributed by atoms with Crippen molar-refractivity contribution in [3.05, 3.63) is 0 Å². The number of nitrogens with two attached hydrogens (primary N) is 1. The van der Waals surface area contributed by atoms with Crippen molar-refractivity contribution in [1.29, 1.82) is 5.26 Å². The van der Waals surface area contributed by atoms with Crippen molar-refractivity contribution in [3.8, 4) is 6.07 Å². The van der Waals surface area contributed by atoms with E-state index < -0.39 is 29.9 Å². The first kappa shape index (κ1) is 14.9.